The van der Waals surface area contributed by atoms with Crippen molar-refractivity contribution >= 4 is 11.9 Å². The van der Waals surface area contributed by atoms with Crippen LogP contribution in [0.3, 0.4) is 0 Å². The van der Waals surface area contributed by atoms with Crippen LogP contribution in [-0.4, -0.2) is 5.78 Å². The Bertz CT molecular complexity index is 567. The number of ketones is 1. The summed E-state index contributed by atoms with van der Waals surface area (Å²) in [7, 11) is 0. The molecular weight excluding hydrogens is 208 g/mol. The van der Waals surface area contributed by atoms with Crippen molar-refractivity contribution in [2.75, 3.05) is 0 Å². The molecule has 0 aromatic heterocycles. The summed E-state index contributed by atoms with van der Waals surface area (Å²) in [5.41, 5.74) is 3.33. The maximum atomic E-state index is 12.4. The molecule has 17 heavy (non-hydrogen) atoms. The molecule has 0 radical (unpaired) electrons. The van der Waals surface area contributed by atoms with Crippen molar-refractivity contribution in [3.63, 3.8) is 0 Å². The average Bonchev–Trinajstić information content (AvgIpc) is 2.38. The Morgan fingerprint density at radius 1 is 1.00 bits per heavy atom. The Morgan fingerprint density at radius 2 is 1.59 bits per heavy atom. The third-order valence-electron chi connectivity index (χ3n) is 2.82. The Kier molecular flexibility index (Phi) is 3.20. The minimum Gasteiger partial charge on any atom is -0.289 e. The summed E-state index contributed by atoms with van der Waals surface area (Å²) in [6, 6.07) is 15.2. The van der Waals surface area contributed by atoms with Crippen LogP contribution in [0.2, 0.25) is 0 Å². The molecule has 0 spiro atoms. The van der Waals surface area contributed by atoms with E-state index in [1.165, 1.54) is 0 Å². The molecule has 84 valence electrons. The van der Waals surface area contributed by atoms with E-state index in [9.17, 15) is 4.79 Å². The normalized spacial score (nSPS) is 9.94. The first-order valence-electron chi connectivity index (χ1n) is 5.56. The number of aryl methyl sites for hydroxylation is 1. The third kappa shape index (κ3) is 2.18. The standard InChI is InChI=1S/C16H14O/c1-3-13-9-5-7-11-15(13)16(17)14-10-6-4-8-12(14)2/h3-11H,1H2,2H3. The van der Waals surface area contributed by atoms with Gasteiger partial charge in [0.1, 0.15) is 0 Å². The van der Waals surface area contributed by atoms with Gasteiger partial charge >= 0.3 is 0 Å². The molecule has 0 saturated carbocycles. The second-order valence-corrected chi connectivity index (χ2v) is 3.94. The van der Waals surface area contributed by atoms with E-state index in [0.29, 0.717) is 5.56 Å². The molecule has 1 heteroatoms. The molecule has 2 rings (SSSR count). The van der Waals surface area contributed by atoms with E-state index in [2.05, 4.69) is 6.58 Å². The summed E-state index contributed by atoms with van der Waals surface area (Å²) >= 11 is 0. The van der Waals surface area contributed by atoms with E-state index in [0.717, 1.165) is 16.7 Å². The van der Waals surface area contributed by atoms with Gasteiger partial charge in [-0.2, -0.15) is 0 Å². The first kappa shape index (κ1) is 11.3. The van der Waals surface area contributed by atoms with Crippen LogP contribution in [0.15, 0.2) is 55.1 Å². The Labute approximate surface area is 101 Å². The summed E-state index contributed by atoms with van der Waals surface area (Å²) in [6.45, 7) is 5.69. The van der Waals surface area contributed by atoms with Gasteiger partial charge in [-0.05, 0) is 18.1 Å². The first-order valence-corrected chi connectivity index (χ1v) is 5.56. The predicted octanol–water partition coefficient (Wildman–Crippen LogP) is 3.87. The molecule has 1 nitrogen and oxygen atoms in total. The van der Waals surface area contributed by atoms with Crippen LogP contribution < -0.4 is 0 Å². The second-order valence-electron chi connectivity index (χ2n) is 3.94. The zero-order valence-electron chi connectivity index (χ0n) is 9.81. The number of benzene rings is 2. The SMILES string of the molecule is C=Cc1ccccc1C(=O)c1ccccc1C. The fourth-order valence-electron chi connectivity index (χ4n) is 1.85. The topological polar surface area (TPSA) is 17.1 Å². The van der Waals surface area contributed by atoms with Crippen molar-refractivity contribution in [3.8, 4) is 0 Å². The van der Waals surface area contributed by atoms with Gasteiger partial charge in [-0.15, -0.1) is 0 Å². The Morgan fingerprint density at radius 3 is 2.24 bits per heavy atom. The molecule has 0 unspecified atom stereocenters. The van der Waals surface area contributed by atoms with Crippen molar-refractivity contribution in [3.05, 3.63) is 77.4 Å². The fourth-order valence-corrected chi connectivity index (χ4v) is 1.85. The molecule has 0 amide bonds. The monoisotopic (exact) mass is 222 g/mol. The number of hydrogen-bond donors (Lipinski definition) is 0. The minimum atomic E-state index is 0.0543. The molecule has 0 aliphatic carbocycles. The highest BCUT2D eigenvalue weighted by molar-refractivity contribution is 6.11. The van der Waals surface area contributed by atoms with Crippen molar-refractivity contribution in [2.45, 2.75) is 6.92 Å². The van der Waals surface area contributed by atoms with E-state index < -0.39 is 0 Å². The van der Waals surface area contributed by atoms with Crippen LogP contribution in [0, 0.1) is 6.92 Å². The number of hydrogen-bond acceptors (Lipinski definition) is 1. The third-order valence-corrected chi connectivity index (χ3v) is 2.82. The lowest BCUT2D eigenvalue weighted by molar-refractivity contribution is 0.103. The Hall–Kier alpha value is -2.15. The van der Waals surface area contributed by atoms with Gasteiger partial charge in [-0.1, -0.05) is 61.2 Å². The zero-order valence-corrected chi connectivity index (χ0v) is 9.81. The highest BCUT2D eigenvalue weighted by Gasteiger charge is 2.13. The minimum absolute atomic E-state index is 0.0543. The van der Waals surface area contributed by atoms with Crippen LogP contribution >= 0.6 is 0 Å². The van der Waals surface area contributed by atoms with Crippen LogP contribution in [0.1, 0.15) is 27.0 Å². The van der Waals surface area contributed by atoms with Crippen LogP contribution in [0.4, 0.5) is 0 Å². The van der Waals surface area contributed by atoms with Crippen molar-refractivity contribution in [2.24, 2.45) is 0 Å². The molecule has 0 saturated heterocycles. The van der Waals surface area contributed by atoms with Crippen LogP contribution in [0.25, 0.3) is 6.08 Å². The largest absolute Gasteiger partial charge is 0.289 e. The number of carbonyl (C=O) groups excluding carboxylic acids is 1. The summed E-state index contributed by atoms with van der Waals surface area (Å²) in [6.07, 6.45) is 1.71. The van der Waals surface area contributed by atoms with Crippen LogP contribution in [0.5, 0.6) is 0 Å². The maximum absolute atomic E-state index is 12.4. The van der Waals surface area contributed by atoms with Crippen molar-refractivity contribution < 1.29 is 4.79 Å². The van der Waals surface area contributed by atoms with Gasteiger partial charge in [-0.3, -0.25) is 4.79 Å². The molecule has 0 atom stereocenters. The molecule has 2 aromatic rings. The van der Waals surface area contributed by atoms with E-state index in [-0.39, 0.29) is 5.78 Å². The predicted molar refractivity (Wildman–Crippen MR) is 71.1 cm³/mol. The van der Waals surface area contributed by atoms with Crippen LogP contribution in [-0.2, 0) is 0 Å². The maximum Gasteiger partial charge on any atom is 0.193 e. The van der Waals surface area contributed by atoms with E-state index in [4.69, 9.17) is 0 Å². The summed E-state index contributed by atoms with van der Waals surface area (Å²) in [4.78, 5) is 12.4. The highest BCUT2D eigenvalue weighted by Crippen LogP contribution is 2.17. The molecule has 0 aliphatic rings. The lowest BCUT2D eigenvalue weighted by Crippen LogP contribution is -2.05. The van der Waals surface area contributed by atoms with E-state index in [1.807, 2.05) is 55.5 Å². The molecule has 0 N–H and O–H groups in total. The second kappa shape index (κ2) is 4.79. The van der Waals surface area contributed by atoms with Gasteiger partial charge in [0.2, 0.25) is 0 Å². The van der Waals surface area contributed by atoms with Crippen molar-refractivity contribution in [1.29, 1.82) is 0 Å². The summed E-state index contributed by atoms with van der Waals surface area (Å²) in [5, 5.41) is 0. The summed E-state index contributed by atoms with van der Waals surface area (Å²) < 4.78 is 0. The van der Waals surface area contributed by atoms with Gasteiger partial charge in [0.25, 0.3) is 0 Å². The van der Waals surface area contributed by atoms with E-state index in [1.54, 1.807) is 6.08 Å². The number of rotatable bonds is 3. The van der Waals surface area contributed by atoms with Gasteiger partial charge in [0.15, 0.2) is 5.78 Å². The van der Waals surface area contributed by atoms with E-state index >= 15 is 0 Å². The lowest BCUT2D eigenvalue weighted by Gasteiger charge is -2.07. The lowest BCUT2D eigenvalue weighted by atomic mass is 9.96. The fraction of sp³-hybridized carbons (Fsp3) is 0.0625. The molecule has 0 heterocycles. The summed E-state index contributed by atoms with van der Waals surface area (Å²) in [5.74, 6) is 0.0543. The first-order chi connectivity index (χ1) is 8.24. The Balaban J connectivity index is 2.51. The average molecular weight is 222 g/mol. The van der Waals surface area contributed by atoms with Gasteiger partial charge in [-0.25, -0.2) is 0 Å². The molecule has 0 aliphatic heterocycles. The number of carbonyl (C=O) groups is 1. The zero-order chi connectivity index (χ0) is 12.3. The van der Waals surface area contributed by atoms with Gasteiger partial charge < -0.3 is 0 Å². The molecule has 0 bridgehead atoms. The molecular formula is C16H14O. The van der Waals surface area contributed by atoms with Gasteiger partial charge in [0, 0.05) is 11.1 Å². The quantitative estimate of drug-likeness (QED) is 0.720. The highest BCUT2D eigenvalue weighted by atomic mass is 16.1. The molecule has 2 aromatic carbocycles. The van der Waals surface area contributed by atoms with Gasteiger partial charge in [0.05, 0.1) is 0 Å². The smallest absolute Gasteiger partial charge is 0.193 e. The molecule has 0 fully saturated rings. The van der Waals surface area contributed by atoms with Crippen molar-refractivity contribution in [1.82, 2.24) is 0 Å².